The van der Waals surface area contributed by atoms with Gasteiger partial charge in [0, 0.05) is 37.7 Å². The quantitative estimate of drug-likeness (QED) is 0.708. The highest BCUT2D eigenvalue weighted by Gasteiger charge is 2.55. The lowest BCUT2D eigenvalue weighted by Crippen LogP contribution is -2.52. The predicted molar refractivity (Wildman–Crippen MR) is 114 cm³/mol. The summed E-state index contributed by atoms with van der Waals surface area (Å²) in [7, 11) is 1.23. The van der Waals surface area contributed by atoms with Gasteiger partial charge in [0.25, 0.3) is 11.8 Å². The van der Waals surface area contributed by atoms with Crippen LogP contribution in [0, 0.1) is 11.6 Å². The smallest absolute Gasteiger partial charge is 0.274 e. The molecule has 2 aliphatic heterocycles. The van der Waals surface area contributed by atoms with Crippen LogP contribution in [-0.4, -0.2) is 46.6 Å². The van der Waals surface area contributed by atoms with Crippen molar-refractivity contribution in [3.05, 3.63) is 62.6 Å². The van der Waals surface area contributed by atoms with E-state index < -0.39 is 40.0 Å². The molecular weight excluding hydrogens is 436 g/mol. The fourth-order valence-corrected chi connectivity index (χ4v) is 5.14. The monoisotopic (exact) mass is 461 g/mol. The van der Waals surface area contributed by atoms with Gasteiger partial charge in [-0.1, -0.05) is 6.07 Å². The van der Waals surface area contributed by atoms with Crippen LogP contribution >= 0.6 is 0 Å². The number of carbonyl (C=O) groups excluding carboxylic acids is 2. The molecule has 3 heterocycles. The van der Waals surface area contributed by atoms with E-state index in [1.54, 1.807) is 9.47 Å². The number of halogens is 2. The first kappa shape index (κ1) is 22.9. The number of benzene rings is 1. The summed E-state index contributed by atoms with van der Waals surface area (Å²) in [5, 5.41) is 13.7. The van der Waals surface area contributed by atoms with Gasteiger partial charge in [-0.15, -0.1) is 0 Å². The maximum Gasteiger partial charge on any atom is 0.274 e. The van der Waals surface area contributed by atoms with Gasteiger partial charge in [0.1, 0.15) is 22.8 Å². The third kappa shape index (κ3) is 3.40. The highest BCUT2D eigenvalue weighted by atomic mass is 19.1. The molecule has 0 saturated heterocycles. The molecule has 2 aliphatic rings. The molecule has 2 atom stereocenters. The van der Waals surface area contributed by atoms with E-state index in [1.165, 1.54) is 20.1 Å². The molecule has 0 spiro atoms. The molecule has 33 heavy (non-hydrogen) atoms. The summed E-state index contributed by atoms with van der Waals surface area (Å²) >= 11 is 0. The average molecular weight is 461 g/mol. The van der Waals surface area contributed by atoms with Crippen LogP contribution in [0.1, 0.15) is 59.3 Å². The number of ether oxygens (including phenoxy) is 1. The van der Waals surface area contributed by atoms with E-state index >= 15 is 0 Å². The van der Waals surface area contributed by atoms with Gasteiger partial charge in [0.2, 0.25) is 5.43 Å². The zero-order chi connectivity index (χ0) is 24.3. The Labute approximate surface area is 188 Å². The maximum absolute atomic E-state index is 14.0. The highest BCUT2D eigenvalue weighted by molar-refractivity contribution is 6.01. The van der Waals surface area contributed by atoms with Gasteiger partial charge in [0.05, 0.1) is 18.3 Å². The number of amides is 2. The van der Waals surface area contributed by atoms with Gasteiger partial charge < -0.3 is 24.6 Å². The fraction of sp³-hybridized carbons (Fsp3) is 0.435. The molecule has 0 fully saturated rings. The van der Waals surface area contributed by atoms with E-state index in [1.807, 2.05) is 13.8 Å². The molecule has 0 radical (unpaired) electrons. The van der Waals surface area contributed by atoms with Crippen LogP contribution in [0.25, 0.3) is 0 Å². The van der Waals surface area contributed by atoms with Crippen molar-refractivity contribution in [2.45, 2.75) is 44.9 Å². The summed E-state index contributed by atoms with van der Waals surface area (Å²) in [6, 6.07) is 2.94. The van der Waals surface area contributed by atoms with E-state index in [9.17, 15) is 28.3 Å². The standard InChI is InChI=1S/C23H25F2N3O5/c1-5-27-11-22(2)10-23(3,32)19-15(17(29)18(33-4)16(21(27)31)28(19)22)20(30)26-9-12-6-7-13(24)8-14(12)25/h6-8,32H,5,9-11H2,1-4H3,(H,26,30). The van der Waals surface area contributed by atoms with Crippen LogP contribution in [0.2, 0.25) is 0 Å². The minimum absolute atomic E-state index is 0.00740. The van der Waals surface area contributed by atoms with Crippen LogP contribution in [0.5, 0.6) is 5.75 Å². The number of likely N-dealkylation sites (N-methyl/N-ethyl adjacent to an activating group) is 1. The molecule has 1 aromatic heterocycles. The molecular formula is C23H25F2N3O5. The zero-order valence-electron chi connectivity index (χ0n) is 18.8. The van der Waals surface area contributed by atoms with E-state index in [-0.39, 0.29) is 47.8 Å². The minimum atomic E-state index is -1.59. The van der Waals surface area contributed by atoms with Crippen LogP contribution in [0.15, 0.2) is 23.0 Å². The number of carbonyl (C=O) groups is 2. The first-order valence-electron chi connectivity index (χ1n) is 10.6. The van der Waals surface area contributed by atoms with Gasteiger partial charge in [-0.3, -0.25) is 14.4 Å². The molecule has 2 amide bonds. The molecule has 0 aliphatic carbocycles. The number of hydrogen-bond donors (Lipinski definition) is 2. The van der Waals surface area contributed by atoms with Crippen LogP contribution in [0.3, 0.4) is 0 Å². The molecule has 4 rings (SSSR count). The molecule has 1 aromatic carbocycles. The summed E-state index contributed by atoms with van der Waals surface area (Å²) in [6.45, 7) is 5.52. The minimum Gasteiger partial charge on any atom is -0.491 e. The lowest BCUT2D eigenvalue weighted by molar-refractivity contribution is 0.0287. The van der Waals surface area contributed by atoms with Gasteiger partial charge in [-0.25, -0.2) is 8.78 Å². The van der Waals surface area contributed by atoms with Crippen molar-refractivity contribution in [3.63, 3.8) is 0 Å². The Kier molecular flexibility index (Phi) is 5.31. The van der Waals surface area contributed by atoms with E-state index in [0.29, 0.717) is 12.6 Å². The Balaban J connectivity index is 1.87. The van der Waals surface area contributed by atoms with Crippen LogP contribution < -0.4 is 15.5 Å². The fourth-order valence-electron chi connectivity index (χ4n) is 5.14. The van der Waals surface area contributed by atoms with E-state index in [2.05, 4.69) is 5.32 Å². The Bertz CT molecular complexity index is 1240. The largest absolute Gasteiger partial charge is 0.491 e. The Hall–Kier alpha value is -3.27. The van der Waals surface area contributed by atoms with Crippen molar-refractivity contribution in [1.29, 1.82) is 0 Å². The normalized spacial score (nSPS) is 23.5. The van der Waals surface area contributed by atoms with Crippen LogP contribution in [0.4, 0.5) is 8.78 Å². The molecule has 2 unspecified atom stereocenters. The third-order valence-corrected chi connectivity index (χ3v) is 6.40. The zero-order valence-corrected chi connectivity index (χ0v) is 18.8. The third-order valence-electron chi connectivity index (χ3n) is 6.40. The summed E-state index contributed by atoms with van der Waals surface area (Å²) in [4.78, 5) is 41.3. The predicted octanol–water partition coefficient (Wildman–Crippen LogP) is 1.87. The molecule has 10 heteroatoms. The maximum atomic E-state index is 14.0. The molecule has 0 bridgehead atoms. The van der Waals surface area contributed by atoms with Crippen molar-refractivity contribution in [2.24, 2.45) is 0 Å². The molecule has 2 aromatic rings. The van der Waals surface area contributed by atoms with Crippen molar-refractivity contribution >= 4 is 11.8 Å². The first-order valence-corrected chi connectivity index (χ1v) is 10.6. The number of nitrogens with zero attached hydrogens (tertiary/aromatic N) is 2. The number of nitrogens with one attached hydrogen (secondary N) is 1. The van der Waals surface area contributed by atoms with Crippen molar-refractivity contribution in [1.82, 2.24) is 14.8 Å². The number of aromatic nitrogens is 1. The van der Waals surface area contributed by atoms with Gasteiger partial charge in [0.15, 0.2) is 11.4 Å². The second-order valence-electron chi connectivity index (χ2n) is 8.96. The van der Waals surface area contributed by atoms with Gasteiger partial charge in [-0.05, 0) is 26.8 Å². The number of methoxy groups -OCH3 is 1. The first-order chi connectivity index (χ1) is 15.4. The Morgan fingerprint density at radius 2 is 1.97 bits per heavy atom. The topological polar surface area (TPSA) is 101 Å². The number of rotatable bonds is 5. The summed E-state index contributed by atoms with van der Waals surface area (Å²) < 4.78 is 34.0. The van der Waals surface area contributed by atoms with E-state index in [0.717, 1.165) is 6.07 Å². The molecule has 2 N–H and O–H groups in total. The molecule has 8 nitrogen and oxygen atoms in total. The Morgan fingerprint density at radius 1 is 1.27 bits per heavy atom. The number of aliphatic hydroxyl groups is 1. The lowest BCUT2D eigenvalue weighted by Gasteiger charge is -2.41. The second kappa shape index (κ2) is 7.65. The van der Waals surface area contributed by atoms with Gasteiger partial charge >= 0.3 is 0 Å². The highest BCUT2D eigenvalue weighted by Crippen LogP contribution is 2.48. The molecule has 176 valence electrons. The summed E-state index contributed by atoms with van der Waals surface area (Å²) in [6.07, 6.45) is 0.163. The van der Waals surface area contributed by atoms with Crippen molar-refractivity contribution in [2.75, 3.05) is 20.2 Å². The number of pyridine rings is 1. The van der Waals surface area contributed by atoms with E-state index in [4.69, 9.17) is 4.74 Å². The molecule has 0 saturated carbocycles. The van der Waals surface area contributed by atoms with Crippen LogP contribution in [-0.2, 0) is 17.7 Å². The SMILES string of the molecule is CCN1CC2(C)CC(C)(O)c3c(C(=O)NCc4ccc(F)cc4F)c(=O)c(OC)c(n32)C1=O. The van der Waals surface area contributed by atoms with Crippen molar-refractivity contribution < 1.29 is 28.2 Å². The second-order valence-corrected chi connectivity index (χ2v) is 8.96. The summed E-state index contributed by atoms with van der Waals surface area (Å²) in [5.41, 5.74) is -3.55. The average Bonchev–Trinajstić information content (AvgIpc) is 2.95. The Morgan fingerprint density at radius 3 is 2.58 bits per heavy atom. The lowest BCUT2D eigenvalue weighted by atomic mass is 9.88. The van der Waals surface area contributed by atoms with Gasteiger partial charge in [-0.2, -0.15) is 0 Å². The van der Waals surface area contributed by atoms with Crippen molar-refractivity contribution in [3.8, 4) is 5.75 Å². The number of hydrogen-bond acceptors (Lipinski definition) is 5. The summed E-state index contributed by atoms with van der Waals surface area (Å²) in [5.74, 6) is -3.17.